The molecule has 0 radical (unpaired) electrons. The fraction of sp³-hybridized carbons (Fsp3) is 0.455. The van der Waals surface area contributed by atoms with E-state index in [1.54, 1.807) is 0 Å². The molecule has 1 saturated carbocycles. The van der Waals surface area contributed by atoms with Gasteiger partial charge in [-0.15, -0.1) is 0 Å². The summed E-state index contributed by atoms with van der Waals surface area (Å²) >= 11 is 0. The minimum atomic E-state index is -0.930. The van der Waals surface area contributed by atoms with Crippen molar-refractivity contribution in [1.29, 1.82) is 0 Å². The summed E-state index contributed by atoms with van der Waals surface area (Å²) in [6.07, 6.45) is 3.00. The average molecular weight is 267 g/mol. The van der Waals surface area contributed by atoms with Gasteiger partial charge in [0.15, 0.2) is 0 Å². The van der Waals surface area contributed by atoms with Gasteiger partial charge in [0, 0.05) is 12.1 Å². The third-order valence-corrected chi connectivity index (χ3v) is 3.27. The second kappa shape index (κ2) is 5.09. The first kappa shape index (κ1) is 13.1. The Morgan fingerprint density at radius 3 is 2.79 bits per heavy atom. The first-order valence-corrected chi connectivity index (χ1v) is 5.85. The van der Waals surface area contributed by atoms with Gasteiger partial charge in [-0.05, 0) is 12.8 Å². The number of nitrogens with one attached hydrogen (secondary N) is 2. The fourth-order valence-corrected chi connectivity index (χ4v) is 2.29. The van der Waals surface area contributed by atoms with Crippen LogP contribution in [0.5, 0.6) is 0 Å². The van der Waals surface area contributed by atoms with Crippen molar-refractivity contribution in [1.82, 2.24) is 10.3 Å². The number of carbonyl (C=O) groups is 2. The minimum absolute atomic E-state index is 0.0581. The number of carbonyl (C=O) groups excluding carboxylic acids is 1. The Balaban J connectivity index is 2.04. The molecule has 19 heavy (non-hydrogen) atoms. The van der Waals surface area contributed by atoms with Crippen LogP contribution in [-0.4, -0.2) is 32.9 Å². The van der Waals surface area contributed by atoms with Gasteiger partial charge in [-0.3, -0.25) is 19.7 Å². The van der Waals surface area contributed by atoms with E-state index in [1.807, 2.05) is 0 Å². The summed E-state index contributed by atoms with van der Waals surface area (Å²) in [7, 11) is 0. The molecule has 2 unspecified atom stereocenters. The van der Waals surface area contributed by atoms with Crippen LogP contribution in [0, 0.1) is 16.0 Å². The van der Waals surface area contributed by atoms with Crippen LogP contribution in [0.3, 0.4) is 0 Å². The quantitative estimate of drug-likeness (QED) is 0.552. The lowest BCUT2D eigenvalue weighted by Gasteiger charge is -2.16. The summed E-state index contributed by atoms with van der Waals surface area (Å²) in [5.74, 6) is -2.04. The van der Waals surface area contributed by atoms with E-state index in [0.29, 0.717) is 12.8 Å². The van der Waals surface area contributed by atoms with Gasteiger partial charge in [0.2, 0.25) is 0 Å². The van der Waals surface area contributed by atoms with E-state index in [1.165, 1.54) is 0 Å². The summed E-state index contributed by atoms with van der Waals surface area (Å²) in [4.78, 5) is 35.2. The third kappa shape index (κ3) is 2.72. The van der Waals surface area contributed by atoms with Gasteiger partial charge in [-0.25, -0.2) is 0 Å². The van der Waals surface area contributed by atoms with Crippen LogP contribution in [0.25, 0.3) is 0 Å². The molecule has 1 aromatic heterocycles. The van der Waals surface area contributed by atoms with Crippen molar-refractivity contribution in [3.8, 4) is 0 Å². The van der Waals surface area contributed by atoms with Crippen molar-refractivity contribution in [2.24, 2.45) is 5.92 Å². The molecule has 1 amide bonds. The second-order valence-corrected chi connectivity index (χ2v) is 4.48. The third-order valence-electron chi connectivity index (χ3n) is 3.27. The SMILES string of the molecule is O=C(NC1CCCC1C(=O)O)c1cc([N+](=O)[O-])c[nH]1. The molecule has 102 valence electrons. The maximum Gasteiger partial charge on any atom is 0.308 e. The Kier molecular flexibility index (Phi) is 3.50. The molecule has 8 heteroatoms. The predicted octanol–water partition coefficient (Wildman–Crippen LogP) is 0.906. The topological polar surface area (TPSA) is 125 Å². The van der Waals surface area contributed by atoms with E-state index >= 15 is 0 Å². The highest BCUT2D eigenvalue weighted by Crippen LogP contribution is 2.26. The normalized spacial score (nSPS) is 22.1. The largest absolute Gasteiger partial charge is 0.481 e. The average Bonchev–Trinajstić information content (AvgIpc) is 2.96. The summed E-state index contributed by atoms with van der Waals surface area (Å²) < 4.78 is 0. The summed E-state index contributed by atoms with van der Waals surface area (Å²) in [6.45, 7) is 0. The maximum absolute atomic E-state index is 11.8. The molecule has 1 aromatic rings. The van der Waals surface area contributed by atoms with Crippen LogP contribution in [-0.2, 0) is 4.79 Å². The molecule has 0 aromatic carbocycles. The molecule has 0 spiro atoms. The number of nitro groups is 1. The Labute approximate surface area is 108 Å². The number of H-pyrrole nitrogens is 1. The summed E-state index contributed by atoms with van der Waals surface area (Å²) in [5.41, 5.74) is -0.144. The van der Waals surface area contributed by atoms with Gasteiger partial charge in [0.25, 0.3) is 11.6 Å². The number of aromatic nitrogens is 1. The van der Waals surface area contributed by atoms with E-state index in [0.717, 1.165) is 18.7 Å². The minimum Gasteiger partial charge on any atom is -0.481 e. The standard InChI is InChI=1S/C11H13N3O5/c15-10(9-4-6(5-12-9)14(18)19)13-8-3-1-2-7(8)11(16)17/h4-5,7-8,12H,1-3H2,(H,13,15)(H,16,17). The molecule has 1 fully saturated rings. The summed E-state index contributed by atoms with van der Waals surface area (Å²) in [5, 5.41) is 22.1. The van der Waals surface area contributed by atoms with Gasteiger partial charge in [-0.1, -0.05) is 6.42 Å². The Bertz CT molecular complexity index is 524. The van der Waals surface area contributed by atoms with Crippen LogP contribution in [0.4, 0.5) is 5.69 Å². The molecule has 0 aliphatic heterocycles. The van der Waals surface area contributed by atoms with Gasteiger partial charge >= 0.3 is 5.97 Å². The molecule has 0 bridgehead atoms. The van der Waals surface area contributed by atoms with E-state index in [9.17, 15) is 19.7 Å². The fourth-order valence-electron chi connectivity index (χ4n) is 2.29. The zero-order valence-electron chi connectivity index (χ0n) is 9.96. The zero-order valence-corrected chi connectivity index (χ0v) is 9.96. The molecule has 1 aliphatic carbocycles. The zero-order chi connectivity index (χ0) is 14.0. The number of carboxylic acid groups (broad SMARTS) is 1. The molecule has 1 aliphatic rings. The number of hydrogen-bond acceptors (Lipinski definition) is 4. The monoisotopic (exact) mass is 267 g/mol. The Hall–Kier alpha value is -2.38. The van der Waals surface area contributed by atoms with E-state index in [2.05, 4.69) is 10.3 Å². The first-order valence-electron chi connectivity index (χ1n) is 5.85. The predicted molar refractivity (Wildman–Crippen MR) is 63.7 cm³/mol. The van der Waals surface area contributed by atoms with Gasteiger partial charge in [0.1, 0.15) is 5.69 Å². The maximum atomic E-state index is 11.8. The number of nitrogens with zero attached hydrogens (tertiary/aromatic N) is 1. The van der Waals surface area contributed by atoms with E-state index in [-0.39, 0.29) is 11.4 Å². The number of aliphatic carboxylic acids is 1. The highest BCUT2D eigenvalue weighted by molar-refractivity contribution is 5.93. The van der Waals surface area contributed by atoms with E-state index < -0.39 is 28.8 Å². The molecule has 2 rings (SSSR count). The Morgan fingerprint density at radius 1 is 1.47 bits per heavy atom. The number of rotatable bonds is 4. The van der Waals surface area contributed by atoms with Crippen molar-refractivity contribution >= 4 is 17.6 Å². The first-order chi connectivity index (χ1) is 8.99. The smallest absolute Gasteiger partial charge is 0.308 e. The van der Waals surface area contributed by atoms with Crippen molar-refractivity contribution in [3.63, 3.8) is 0 Å². The van der Waals surface area contributed by atoms with Crippen LogP contribution in [0.1, 0.15) is 29.8 Å². The molecule has 1 heterocycles. The number of hydrogen-bond donors (Lipinski definition) is 3. The molecule has 0 saturated heterocycles. The summed E-state index contributed by atoms with van der Waals surface area (Å²) in [6, 6.07) is 0.701. The lowest BCUT2D eigenvalue weighted by atomic mass is 10.0. The lowest BCUT2D eigenvalue weighted by Crippen LogP contribution is -2.40. The molecule has 2 atom stereocenters. The van der Waals surface area contributed by atoms with Crippen LogP contribution in [0.15, 0.2) is 12.3 Å². The van der Waals surface area contributed by atoms with Gasteiger partial charge in [-0.2, -0.15) is 0 Å². The van der Waals surface area contributed by atoms with Crippen molar-refractivity contribution < 1.29 is 19.6 Å². The van der Waals surface area contributed by atoms with Crippen molar-refractivity contribution in [2.45, 2.75) is 25.3 Å². The lowest BCUT2D eigenvalue weighted by molar-refractivity contribution is -0.384. The number of carboxylic acids is 1. The van der Waals surface area contributed by atoms with Crippen molar-refractivity contribution in [2.75, 3.05) is 0 Å². The second-order valence-electron chi connectivity index (χ2n) is 4.48. The number of amides is 1. The molecular formula is C11H13N3O5. The van der Waals surface area contributed by atoms with E-state index in [4.69, 9.17) is 5.11 Å². The molecule has 3 N–H and O–H groups in total. The van der Waals surface area contributed by atoms with Crippen molar-refractivity contribution in [3.05, 3.63) is 28.1 Å². The molecular weight excluding hydrogens is 254 g/mol. The van der Waals surface area contributed by atoms with Crippen LogP contribution >= 0.6 is 0 Å². The van der Waals surface area contributed by atoms with Gasteiger partial charge in [0.05, 0.1) is 17.0 Å². The van der Waals surface area contributed by atoms with Gasteiger partial charge < -0.3 is 15.4 Å². The highest BCUT2D eigenvalue weighted by atomic mass is 16.6. The van der Waals surface area contributed by atoms with Crippen LogP contribution in [0.2, 0.25) is 0 Å². The Morgan fingerprint density at radius 2 is 2.21 bits per heavy atom. The van der Waals surface area contributed by atoms with Crippen LogP contribution < -0.4 is 5.32 Å². The highest BCUT2D eigenvalue weighted by Gasteiger charge is 2.34. The molecule has 8 nitrogen and oxygen atoms in total. The number of aromatic amines is 1.